The summed E-state index contributed by atoms with van der Waals surface area (Å²) in [4.78, 5) is 27.8. The molecule has 1 aromatic carbocycles. The Morgan fingerprint density at radius 2 is 2.08 bits per heavy atom. The molecule has 1 unspecified atom stereocenters. The van der Waals surface area contributed by atoms with Crippen LogP contribution in [0.5, 0.6) is 5.75 Å². The zero-order chi connectivity index (χ0) is 17.1. The minimum Gasteiger partial charge on any atom is -0.497 e. The summed E-state index contributed by atoms with van der Waals surface area (Å²) < 4.78 is 5.11. The second-order valence-electron chi connectivity index (χ2n) is 5.81. The third-order valence-electron chi connectivity index (χ3n) is 3.94. The minimum atomic E-state index is -0.999. The number of hydrogen-bond donors (Lipinski definition) is 2. The molecule has 1 amide bonds. The normalized spacial score (nSPS) is 14.9. The van der Waals surface area contributed by atoms with Gasteiger partial charge in [0.1, 0.15) is 22.5 Å². The van der Waals surface area contributed by atoms with Gasteiger partial charge in [-0.1, -0.05) is 12.8 Å². The first-order chi connectivity index (χ1) is 11.6. The maximum Gasteiger partial charge on any atom is 0.326 e. The summed E-state index contributed by atoms with van der Waals surface area (Å²) in [7, 11) is 1.60. The van der Waals surface area contributed by atoms with Crippen LogP contribution in [-0.4, -0.2) is 35.1 Å². The quantitative estimate of drug-likeness (QED) is 0.805. The van der Waals surface area contributed by atoms with E-state index in [9.17, 15) is 14.7 Å². The molecular weight excluding hydrogens is 328 g/mol. The van der Waals surface area contributed by atoms with E-state index in [0.717, 1.165) is 24.2 Å². The van der Waals surface area contributed by atoms with Crippen molar-refractivity contribution >= 4 is 23.2 Å². The number of amides is 1. The van der Waals surface area contributed by atoms with Gasteiger partial charge >= 0.3 is 5.97 Å². The summed E-state index contributed by atoms with van der Waals surface area (Å²) in [5, 5.41) is 14.2. The molecule has 6 nitrogen and oxygen atoms in total. The Labute approximate surface area is 143 Å². The number of rotatable bonds is 7. The number of nitrogens with one attached hydrogen (secondary N) is 1. The number of nitrogens with zero attached hydrogens (tertiary/aromatic N) is 1. The lowest BCUT2D eigenvalue weighted by molar-refractivity contribution is -0.139. The van der Waals surface area contributed by atoms with Gasteiger partial charge < -0.3 is 15.2 Å². The largest absolute Gasteiger partial charge is 0.497 e. The van der Waals surface area contributed by atoms with Crippen LogP contribution in [0.3, 0.4) is 0 Å². The van der Waals surface area contributed by atoms with Crippen LogP contribution in [-0.2, 0) is 4.79 Å². The Morgan fingerprint density at radius 3 is 2.67 bits per heavy atom. The zero-order valence-corrected chi connectivity index (χ0v) is 14.0. The highest BCUT2D eigenvalue weighted by Gasteiger charge is 2.30. The molecule has 0 radical (unpaired) electrons. The van der Waals surface area contributed by atoms with Crippen molar-refractivity contribution in [2.75, 3.05) is 7.11 Å². The first kappa shape index (κ1) is 16.4. The van der Waals surface area contributed by atoms with E-state index in [-0.39, 0.29) is 5.69 Å². The summed E-state index contributed by atoms with van der Waals surface area (Å²) >= 11 is 1.35. The number of carboxylic acid groups (broad SMARTS) is 1. The van der Waals surface area contributed by atoms with Crippen LogP contribution in [0.1, 0.15) is 29.8 Å². The summed E-state index contributed by atoms with van der Waals surface area (Å²) in [5.41, 5.74) is 1.13. The van der Waals surface area contributed by atoms with Crippen molar-refractivity contribution in [1.82, 2.24) is 10.3 Å². The fourth-order valence-electron chi connectivity index (χ4n) is 2.38. The van der Waals surface area contributed by atoms with Crippen molar-refractivity contribution < 1.29 is 19.4 Å². The predicted molar refractivity (Wildman–Crippen MR) is 90.3 cm³/mol. The van der Waals surface area contributed by atoms with Crippen LogP contribution in [0.15, 0.2) is 29.6 Å². The van der Waals surface area contributed by atoms with Crippen LogP contribution < -0.4 is 10.1 Å². The second-order valence-corrected chi connectivity index (χ2v) is 6.67. The number of aliphatic carboxylic acids is 1. The number of carbonyl (C=O) groups excluding carboxylic acids is 1. The highest BCUT2D eigenvalue weighted by Crippen LogP contribution is 2.33. The highest BCUT2D eigenvalue weighted by molar-refractivity contribution is 7.13. The molecule has 126 valence electrons. The summed E-state index contributed by atoms with van der Waals surface area (Å²) in [6.07, 6.45) is 2.56. The molecule has 1 fully saturated rings. The second kappa shape index (κ2) is 7.00. The smallest absolute Gasteiger partial charge is 0.326 e. The van der Waals surface area contributed by atoms with Crippen molar-refractivity contribution in [3.8, 4) is 16.3 Å². The Bertz CT molecular complexity index is 737. The van der Waals surface area contributed by atoms with Gasteiger partial charge in [-0.2, -0.15) is 0 Å². The van der Waals surface area contributed by atoms with Gasteiger partial charge in [0.2, 0.25) is 0 Å². The average molecular weight is 346 g/mol. The summed E-state index contributed by atoms with van der Waals surface area (Å²) in [6.45, 7) is 0. The lowest BCUT2D eigenvalue weighted by atomic mass is 10.1. The number of carbonyl (C=O) groups is 2. The van der Waals surface area contributed by atoms with Crippen molar-refractivity contribution in [1.29, 1.82) is 0 Å². The van der Waals surface area contributed by atoms with E-state index < -0.39 is 17.9 Å². The highest BCUT2D eigenvalue weighted by atomic mass is 32.1. The first-order valence-corrected chi connectivity index (χ1v) is 8.58. The Hall–Kier alpha value is -2.41. The molecule has 2 N–H and O–H groups in total. The lowest BCUT2D eigenvalue weighted by Crippen LogP contribution is -2.41. The number of thiazole rings is 1. The predicted octanol–water partition coefficient (Wildman–Crippen LogP) is 2.80. The maximum absolute atomic E-state index is 12.3. The van der Waals surface area contributed by atoms with Gasteiger partial charge in [-0.25, -0.2) is 9.78 Å². The molecule has 24 heavy (non-hydrogen) atoms. The fourth-order valence-corrected chi connectivity index (χ4v) is 3.19. The molecule has 0 aliphatic heterocycles. The average Bonchev–Trinajstić information content (AvgIpc) is 3.26. The van der Waals surface area contributed by atoms with Crippen LogP contribution in [0.4, 0.5) is 0 Å². The van der Waals surface area contributed by atoms with E-state index in [1.165, 1.54) is 11.3 Å². The number of methoxy groups -OCH3 is 1. The number of ether oxygens (including phenoxy) is 1. The molecule has 1 aliphatic carbocycles. The van der Waals surface area contributed by atoms with Gasteiger partial charge in [0.15, 0.2) is 0 Å². The number of hydrogen-bond acceptors (Lipinski definition) is 5. The van der Waals surface area contributed by atoms with Gasteiger partial charge in [0.05, 0.1) is 7.11 Å². The van der Waals surface area contributed by atoms with Crippen LogP contribution in [0.25, 0.3) is 10.6 Å². The van der Waals surface area contributed by atoms with E-state index in [0.29, 0.717) is 17.3 Å². The molecule has 3 rings (SSSR count). The van der Waals surface area contributed by atoms with Gasteiger partial charge in [0, 0.05) is 10.9 Å². The number of carboxylic acids is 1. The Morgan fingerprint density at radius 1 is 1.38 bits per heavy atom. The van der Waals surface area contributed by atoms with Crippen LogP contribution >= 0.6 is 11.3 Å². The van der Waals surface area contributed by atoms with Gasteiger partial charge in [0.25, 0.3) is 5.91 Å². The van der Waals surface area contributed by atoms with E-state index in [1.807, 2.05) is 24.3 Å². The standard InChI is InChI=1S/C17H18N2O4S/c1-23-12-6-4-11(5-7-12)16-19-14(9-24-16)15(20)18-13(17(21)22)8-10-2-3-10/h4-7,9-10,13H,2-3,8H2,1H3,(H,18,20)(H,21,22). The zero-order valence-electron chi connectivity index (χ0n) is 13.2. The van der Waals surface area contributed by atoms with Crippen LogP contribution in [0.2, 0.25) is 0 Å². The number of benzene rings is 1. The van der Waals surface area contributed by atoms with Crippen molar-refractivity contribution in [3.05, 3.63) is 35.3 Å². The summed E-state index contributed by atoms with van der Waals surface area (Å²) in [5.74, 6) is -0.283. The molecule has 0 saturated heterocycles. The molecule has 7 heteroatoms. The SMILES string of the molecule is COc1ccc(-c2nc(C(=O)NC(CC3CC3)C(=O)O)cs2)cc1. The molecule has 1 atom stereocenters. The summed E-state index contributed by atoms with van der Waals surface area (Å²) in [6, 6.07) is 6.54. The molecule has 1 aromatic heterocycles. The fraction of sp³-hybridized carbons (Fsp3) is 0.353. The van der Waals surface area contributed by atoms with Crippen molar-refractivity contribution in [3.63, 3.8) is 0 Å². The van der Waals surface area contributed by atoms with E-state index in [2.05, 4.69) is 10.3 Å². The monoisotopic (exact) mass is 346 g/mol. The molecular formula is C17H18N2O4S. The van der Waals surface area contributed by atoms with Crippen molar-refractivity contribution in [2.45, 2.75) is 25.3 Å². The number of aromatic nitrogens is 1. The third-order valence-corrected chi connectivity index (χ3v) is 4.83. The minimum absolute atomic E-state index is 0.243. The van der Waals surface area contributed by atoms with Gasteiger partial charge in [-0.15, -0.1) is 11.3 Å². The van der Waals surface area contributed by atoms with Crippen molar-refractivity contribution in [2.24, 2.45) is 5.92 Å². The Kier molecular flexibility index (Phi) is 4.80. The van der Waals surface area contributed by atoms with E-state index >= 15 is 0 Å². The molecule has 2 aromatic rings. The molecule has 0 spiro atoms. The molecule has 1 aliphatic rings. The van der Waals surface area contributed by atoms with E-state index in [1.54, 1.807) is 12.5 Å². The lowest BCUT2D eigenvalue weighted by Gasteiger charge is -2.12. The molecule has 0 bridgehead atoms. The maximum atomic E-state index is 12.3. The molecule has 1 saturated carbocycles. The first-order valence-electron chi connectivity index (χ1n) is 7.70. The third kappa shape index (κ3) is 3.91. The van der Waals surface area contributed by atoms with Gasteiger partial charge in [-0.05, 0) is 36.6 Å². The Balaban J connectivity index is 1.69. The van der Waals surface area contributed by atoms with E-state index in [4.69, 9.17) is 4.74 Å². The van der Waals surface area contributed by atoms with Gasteiger partial charge in [-0.3, -0.25) is 4.79 Å². The topological polar surface area (TPSA) is 88.5 Å². The van der Waals surface area contributed by atoms with Crippen LogP contribution in [0, 0.1) is 5.92 Å². The molecule has 1 heterocycles.